The van der Waals surface area contributed by atoms with Crippen molar-refractivity contribution >= 4 is 29.3 Å². The third-order valence-corrected chi connectivity index (χ3v) is 4.18. The van der Waals surface area contributed by atoms with Crippen LogP contribution in [0.4, 0.5) is 5.69 Å². The summed E-state index contributed by atoms with van der Waals surface area (Å²) in [5.74, 6) is -0.259. The van der Waals surface area contributed by atoms with Gasteiger partial charge >= 0.3 is 0 Å². The van der Waals surface area contributed by atoms with Crippen molar-refractivity contribution in [2.24, 2.45) is 0 Å². The van der Waals surface area contributed by atoms with E-state index in [0.29, 0.717) is 6.61 Å². The Kier molecular flexibility index (Phi) is 5.03. The Morgan fingerprint density at radius 3 is 3.00 bits per heavy atom. The lowest BCUT2D eigenvalue weighted by Gasteiger charge is -2.24. The monoisotopic (exact) mass is 294 g/mol. The zero-order valence-electron chi connectivity index (χ0n) is 11.5. The fourth-order valence-corrected chi connectivity index (χ4v) is 3.13. The molecule has 0 unspecified atom stereocenters. The Labute approximate surface area is 122 Å². The van der Waals surface area contributed by atoms with Crippen molar-refractivity contribution in [2.75, 3.05) is 19.0 Å². The summed E-state index contributed by atoms with van der Waals surface area (Å²) in [6.45, 7) is 2.32. The summed E-state index contributed by atoms with van der Waals surface area (Å²) in [6, 6.07) is 7.53. The second-order valence-corrected chi connectivity index (χ2v) is 5.96. The number of methoxy groups -OCH3 is 1. The first-order valence-corrected chi connectivity index (χ1v) is 7.33. The molecule has 108 valence electrons. The lowest BCUT2D eigenvalue weighted by Crippen LogP contribution is -2.39. The van der Waals surface area contributed by atoms with E-state index in [9.17, 15) is 9.59 Å². The predicted molar refractivity (Wildman–Crippen MR) is 78.8 cm³/mol. The van der Waals surface area contributed by atoms with Crippen molar-refractivity contribution in [2.45, 2.75) is 29.5 Å². The fourth-order valence-electron chi connectivity index (χ4n) is 2.02. The van der Waals surface area contributed by atoms with Crippen molar-refractivity contribution in [3.05, 3.63) is 24.3 Å². The van der Waals surface area contributed by atoms with Crippen LogP contribution in [-0.4, -0.2) is 36.8 Å². The molecule has 2 amide bonds. The molecular weight excluding hydrogens is 276 g/mol. The molecule has 20 heavy (non-hydrogen) atoms. The Balaban J connectivity index is 1.94. The molecule has 0 saturated heterocycles. The fraction of sp³-hybridized carbons (Fsp3) is 0.429. The first-order valence-electron chi connectivity index (χ1n) is 6.45. The number of nitrogens with one attached hydrogen (secondary N) is 2. The van der Waals surface area contributed by atoms with Gasteiger partial charge in [0.15, 0.2) is 0 Å². The Morgan fingerprint density at radius 1 is 1.50 bits per heavy atom. The maximum Gasteiger partial charge on any atom is 0.238 e. The number of benzene rings is 1. The average Bonchev–Trinajstić information content (AvgIpc) is 2.39. The van der Waals surface area contributed by atoms with Gasteiger partial charge in [-0.05, 0) is 19.1 Å². The van der Waals surface area contributed by atoms with Gasteiger partial charge in [-0.3, -0.25) is 9.59 Å². The van der Waals surface area contributed by atoms with Crippen LogP contribution in [0.3, 0.4) is 0 Å². The largest absolute Gasteiger partial charge is 0.383 e. The maximum atomic E-state index is 12.0. The number of carbonyl (C=O) groups is 2. The standard InChI is InChI=1S/C14H18N2O3S/c1-9(8-19-2)15-13(17)7-12-14(18)16-10-5-3-4-6-11(10)20-12/h3-6,9,12H,7-8H2,1-2H3,(H,15,17)(H,16,18)/t9-,12-/m0/s1. The Hall–Kier alpha value is -1.53. The van der Waals surface area contributed by atoms with Crippen molar-refractivity contribution in [1.82, 2.24) is 5.32 Å². The molecular formula is C14H18N2O3S. The van der Waals surface area contributed by atoms with Gasteiger partial charge in [-0.2, -0.15) is 0 Å². The molecule has 5 nitrogen and oxygen atoms in total. The molecule has 6 heteroatoms. The zero-order chi connectivity index (χ0) is 14.5. The van der Waals surface area contributed by atoms with E-state index in [4.69, 9.17) is 4.74 Å². The van der Waals surface area contributed by atoms with Crippen molar-refractivity contribution < 1.29 is 14.3 Å². The predicted octanol–water partition coefficient (Wildman–Crippen LogP) is 1.64. The molecule has 0 spiro atoms. The van der Waals surface area contributed by atoms with Gasteiger partial charge in [0.2, 0.25) is 11.8 Å². The molecule has 0 aromatic heterocycles. The van der Waals surface area contributed by atoms with E-state index in [0.717, 1.165) is 10.6 Å². The average molecular weight is 294 g/mol. The van der Waals surface area contributed by atoms with E-state index in [1.165, 1.54) is 11.8 Å². The second-order valence-electron chi connectivity index (χ2n) is 4.72. The third-order valence-electron chi connectivity index (χ3n) is 2.90. The Morgan fingerprint density at radius 2 is 2.25 bits per heavy atom. The molecule has 1 aromatic carbocycles. The van der Waals surface area contributed by atoms with Crippen molar-refractivity contribution in [1.29, 1.82) is 0 Å². The van der Waals surface area contributed by atoms with Gasteiger partial charge in [-0.1, -0.05) is 12.1 Å². The van der Waals surface area contributed by atoms with Crippen LogP contribution in [0.5, 0.6) is 0 Å². The summed E-state index contributed by atoms with van der Waals surface area (Å²) in [4.78, 5) is 24.9. The first-order chi connectivity index (χ1) is 9.60. The molecule has 2 N–H and O–H groups in total. The summed E-state index contributed by atoms with van der Waals surface area (Å²) in [5, 5.41) is 5.26. The van der Waals surface area contributed by atoms with Gasteiger partial charge < -0.3 is 15.4 Å². The number of thioether (sulfide) groups is 1. The summed E-state index contributed by atoms with van der Waals surface area (Å²) < 4.78 is 4.96. The van der Waals surface area contributed by atoms with Gasteiger partial charge in [0.05, 0.1) is 17.5 Å². The summed E-state index contributed by atoms with van der Waals surface area (Å²) >= 11 is 1.43. The number of carbonyl (C=O) groups excluding carboxylic acids is 2. The third kappa shape index (κ3) is 3.74. The molecule has 1 aromatic rings. The molecule has 1 aliphatic rings. The highest BCUT2D eigenvalue weighted by Crippen LogP contribution is 2.36. The van der Waals surface area contributed by atoms with Crippen LogP contribution in [0.1, 0.15) is 13.3 Å². The van der Waals surface area contributed by atoms with Gasteiger partial charge in [-0.25, -0.2) is 0 Å². The van der Waals surface area contributed by atoms with Crippen molar-refractivity contribution in [3.8, 4) is 0 Å². The number of hydrogen-bond acceptors (Lipinski definition) is 4. The van der Waals surface area contributed by atoms with Crippen LogP contribution < -0.4 is 10.6 Å². The van der Waals surface area contributed by atoms with Crippen LogP contribution in [0.25, 0.3) is 0 Å². The van der Waals surface area contributed by atoms with Crippen molar-refractivity contribution in [3.63, 3.8) is 0 Å². The minimum absolute atomic E-state index is 0.0589. The lowest BCUT2D eigenvalue weighted by atomic mass is 10.2. The highest BCUT2D eigenvalue weighted by molar-refractivity contribution is 8.01. The second kappa shape index (κ2) is 6.76. The minimum Gasteiger partial charge on any atom is -0.383 e. The van der Waals surface area contributed by atoms with Crippen LogP contribution in [0.2, 0.25) is 0 Å². The number of rotatable bonds is 5. The van der Waals surface area contributed by atoms with E-state index in [1.54, 1.807) is 7.11 Å². The highest BCUT2D eigenvalue weighted by atomic mass is 32.2. The van der Waals surface area contributed by atoms with E-state index in [1.807, 2.05) is 31.2 Å². The van der Waals surface area contributed by atoms with E-state index in [2.05, 4.69) is 10.6 Å². The molecule has 0 fully saturated rings. The number of anilines is 1. The Bertz CT molecular complexity index is 507. The number of fused-ring (bicyclic) bond motifs is 1. The summed E-state index contributed by atoms with van der Waals surface area (Å²) in [6.07, 6.45) is 0.166. The normalized spacial score (nSPS) is 18.9. The summed E-state index contributed by atoms with van der Waals surface area (Å²) in [7, 11) is 1.59. The number of hydrogen-bond donors (Lipinski definition) is 2. The number of para-hydroxylation sites is 1. The molecule has 1 heterocycles. The zero-order valence-corrected chi connectivity index (χ0v) is 12.3. The van der Waals surface area contributed by atoms with Crippen LogP contribution in [0, 0.1) is 0 Å². The molecule has 2 atom stereocenters. The topological polar surface area (TPSA) is 67.4 Å². The van der Waals surface area contributed by atoms with Crippen LogP contribution in [0.15, 0.2) is 29.2 Å². The SMILES string of the molecule is COC[C@H](C)NC(=O)C[C@@H]1Sc2ccccc2NC1=O. The lowest BCUT2D eigenvalue weighted by molar-refractivity contribution is -0.124. The summed E-state index contributed by atoms with van der Waals surface area (Å²) in [5.41, 5.74) is 0.812. The smallest absolute Gasteiger partial charge is 0.238 e. The molecule has 0 bridgehead atoms. The quantitative estimate of drug-likeness (QED) is 0.866. The van der Waals surface area contributed by atoms with E-state index in [-0.39, 0.29) is 29.5 Å². The molecule has 0 aliphatic carbocycles. The number of ether oxygens (including phenoxy) is 1. The minimum atomic E-state index is -0.389. The maximum absolute atomic E-state index is 12.0. The van der Waals surface area contributed by atoms with Gasteiger partial charge in [-0.15, -0.1) is 11.8 Å². The molecule has 2 rings (SSSR count). The molecule has 0 saturated carbocycles. The van der Waals surface area contributed by atoms with Gasteiger partial charge in [0.25, 0.3) is 0 Å². The van der Waals surface area contributed by atoms with Crippen LogP contribution >= 0.6 is 11.8 Å². The van der Waals surface area contributed by atoms with Crippen LogP contribution in [-0.2, 0) is 14.3 Å². The molecule has 1 aliphatic heterocycles. The molecule has 0 radical (unpaired) electrons. The first kappa shape index (κ1) is 14.9. The van der Waals surface area contributed by atoms with Gasteiger partial charge in [0.1, 0.15) is 0 Å². The van der Waals surface area contributed by atoms with E-state index >= 15 is 0 Å². The van der Waals surface area contributed by atoms with E-state index < -0.39 is 0 Å². The number of amides is 2. The highest BCUT2D eigenvalue weighted by Gasteiger charge is 2.28. The van der Waals surface area contributed by atoms with Gasteiger partial charge in [0, 0.05) is 24.5 Å².